The number of benzene rings is 2. The van der Waals surface area contributed by atoms with Crippen molar-refractivity contribution in [3.05, 3.63) is 64.8 Å². The second-order valence-electron chi connectivity index (χ2n) is 5.49. The summed E-state index contributed by atoms with van der Waals surface area (Å²) >= 11 is 6.09. The SMILES string of the molecule is COc1cc(C(=O)NNC(=O)c2ccc3ccccc3n2)cc(Cl)c1OC. The van der Waals surface area contributed by atoms with Crippen LogP contribution in [0.15, 0.2) is 48.5 Å². The van der Waals surface area contributed by atoms with E-state index in [1.807, 2.05) is 18.2 Å². The van der Waals surface area contributed by atoms with Gasteiger partial charge < -0.3 is 9.47 Å². The second-order valence-corrected chi connectivity index (χ2v) is 5.90. The molecule has 27 heavy (non-hydrogen) atoms. The van der Waals surface area contributed by atoms with Crippen LogP contribution >= 0.6 is 11.6 Å². The third kappa shape index (κ3) is 3.93. The molecule has 1 aromatic heterocycles. The molecule has 3 aromatic rings. The highest BCUT2D eigenvalue weighted by atomic mass is 35.5. The molecule has 0 saturated carbocycles. The Balaban J connectivity index is 1.72. The quantitative estimate of drug-likeness (QED) is 0.674. The standard InChI is InChI=1S/C19H16ClN3O4/c1-26-16-10-12(9-13(20)17(16)27-2)18(24)22-23-19(25)15-8-7-11-5-3-4-6-14(11)21-15/h3-10H,1-2H3,(H,22,24)(H,23,25). The van der Waals surface area contributed by atoms with Gasteiger partial charge in [-0.2, -0.15) is 0 Å². The van der Waals surface area contributed by atoms with E-state index in [1.54, 1.807) is 18.2 Å². The number of aromatic nitrogens is 1. The van der Waals surface area contributed by atoms with E-state index in [2.05, 4.69) is 15.8 Å². The highest BCUT2D eigenvalue weighted by Gasteiger charge is 2.16. The van der Waals surface area contributed by atoms with Gasteiger partial charge in [0.2, 0.25) is 0 Å². The Kier molecular flexibility index (Phi) is 5.42. The number of nitrogens with one attached hydrogen (secondary N) is 2. The van der Waals surface area contributed by atoms with Gasteiger partial charge in [0.1, 0.15) is 5.69 Å². The molecule has 3 rings (SSSR count). The van der Waals surface area contributed by atoms with Gasteiger partial charge in [-0.15, -0.1) is 0 Å². The van der Waals surface area contributed by atoms with Gasteiger partial charge in [0, 0.05) is 10.9 Å². The molecule has 2 amide bonds. The molecule has 0 spiro atoms. The Labute approximate surface area is 160 Å². The topological polar surface area (TPSA) is 89.6 Å². The Bertz CT molecular complexity index is 1020. The summed E-state index contributed by atoms with van der Waals surface area (Å²) in [6.07, 6.45) is 0. The zero-order valence-corrected chi connectivity index (χ0v) is 15.3. The number of nitrogens with zero attached hydrogens (tertiary/aromatic N) is 1. The number of rotatable bonds is 4. The molecule has 0 fully saturated rings. The van der Waals surface area contributed by atoms with Crippen LogP contribution in [0.1, 0.15) is 20.8 Å². The molecular weight excluding hydrogens is 370 g/mol. The van der Waals surface area contributed by atoms with Crippen molar-refractivity contribution in [1.29, 1.82) is 0 Å². The maximum Gasteiger partial charge on any atom is 0.288 e. The molecular formula is C19H16ClN3O4. The Morgan fingerprint density at radius 1 is 0.963 bits per heavy atom. The lowest BCUT2D eigenvalue weighted by Crippen LogP contribution is -2.42. The largest absolute Gasteiger partial charge is 0.493 e. The number of carbonyl (C=O) groups is 2. The fourth-order valence-corrected chi connectivity index (χ4v) is 2.78. The number of carbonyl (C=O) groups excluding carboxylic acids is 2. The van der Waals surface area contributed by atoms with E-state index in [4.69, 9.17) is 21.1 Å². The molecule has 0 aliphatic heterocycles. The summed E-state index contributed by atoms with van der Waals surface area (Å²) in [5, 5.41) is 1.13. The highest BCUT2D eigenvalue weighted by Crippen LogP contribution is 2.35. The summed E-state index contributed by atoms with van der Waals surface area (Å²) in [5.74, 6) is -0.481. The van der Waals surface area contributed by atoms with E-state index in [1.165, 1.54) is 26.4 Å². The number of hydrogen-bond acceptors (Lipinski definition) is 5. The Morgan fingerprint density at radius 2 is 1.70 bits per heavy atom. The van der Waals surface area contributed by atoms with Crippen LogP contribution in [-0.2, 0) is 0 Å². The number of ether oxygens (including phenoxy) is 2. The lowest BCUT2D eigenvalue weighted by atomic mass is 10.2. The van der Waals surface area contributed by atoms with Crippen molar-refractivity contribution >= 4 is 34.3 Å². The van der Waals surface area contributed by atoms with Crippen molar-refractivity contribution in [2.75, 3.05) is 14.2 Å². The van der Waals surface area contributed by atoms with Gasteiger partial charge in [-0.25, -0.2) is 4.98 Å². The number of fused-ring (bicyclic) bond motifs is 1. The molecule has 0 saturated heterocycles. The van der Waals surface area contributed by atoms with Crippen LogP contribution in [0.2, 0.25) is 5.02 Å². The minimum Gasteiger partial charge on any atom is -0.493 e. The van der Waals surface area contributed by atoms with Gasteiger partial charge in [-0.3, -0.25) is 20.4 Å². The van der Waals surface area contributed by atoms with Crippen LogP contribution in [0, 0.1) is 0 Å². The summed E-state index contributed by atoms with van der Waals surface area (Å²) in [6, 6.07) is 13.7. The maximum absolute atomic E-state index is 12.3. The van der Waals surface area contributed by atoms with Gasteiger partial charge in [0.15, 0.2) is 11.5 Å². The molecule has 0 bridgehead atoms. The van der Waals surface area contributed by atoms with Crippen LogP contribution < -0.4 is 20.3 Å². The predicted molar refractivity (Wildman–Crippen MR) is 101 cm³/mol. The van der Waals surface area contributed by atoms with Crippen LogP contribution in [0.4, 0.5) is 0 Å². The fourth-order valence-electron chi connectivity index (χ4n) is 2.49. The first kappa shape index (κ1) is 18.5. The zero-order chi connectivity index (χ0) is 19.4. The molecule has 138 valence electrons. The van der Waals surface area contributed by atoms with Crippen molar-refractivity contribution in [3.63, 3.8) is 0 Å². The number of methoxy groups -OCH3 is 2. The zero-order valence-electron chi connectivity index (χ0n) is 14.6. The third-order valence-corrected chi connectivity index (χ3v) is 4.10. The fraction of sp³-hybridized carbons (Fsp3) is 0.105. The molecule has 8 heteroatoms. The molecule has 0 radical (unpaired) electrons. The van der Waals surface area contributed by atoms with Gasteiger partial charge in [-0.05, 0) is 24.3 Å². The van der Waals surface area contributed by atoms with Gasteiger partial charge >= 0.3 is 0 Å². The first-order valence-corrected chi connectivity index (χ1v) is 8.29. The summed E-state index contributed by atoms with van der Waals surface area (Å²) in [4.78, 5) is 28.8. The van der Waals surface area contributed by atoms with Crippen molar-refractivity contribution in [2.24, 2.45) is 0 Å². The molecule has 2 aromatic carbocycles. The highest BCUT2D eigenvalue weighted by molar-refractivity contribution is 6.32. The first-order chi connectivity index (χ1) is 13.0. The summed E-state index contributed by atoms with van der Waals surface area (Å²) in [6.45, 7) is 0. The number of amides is 2. The average Bonchev–Trinajstić information content (AvgIpc) is 2.70. The van der Waals surface area contributed by atoms with E-state index in [0.29, 0.717) is 17.0 Å². The van der Waals surface area contributed by atoms with Crippen molar-refractivity contribution in [1.82, 2.24) is 15.8 Å². The lowest BCUT2D eigenvalue weighted by molar-refractivity contribution is 0.0844. The molecule has 1 heterocycles. The summed E-state index contributed by atoms with van der Waals surface area (Å²) in [5.41, 5.74) is 5.72. The van der Waals surface area contributed by atoms with E-state index < -0.39 is 11.8 Å². The molecule has 7 nitrogen and oxygen atoms in total. The van der Waals surface area contributed by atoms with E-state index >= 15 is 0 Å². The Hall–Kier alpha value is -3.32. The number of para-hydroxylation sites is 1. The smallest absolute Gasteiger partial charge is 0.288 e. The van der Waals surface area contributed by atoms with Crippen molar-refractivity contribution in [3.8, 4) is 11.5 Å². The monoisotopic (exact) mass is 385 g/mol. The van der Waals surface area contributed by atoms with E-state index in [-0.39, 0.29) is 16.3 Å². The van der Waals surface area contributed by atoms with E-state index in [0.717, 1.165) is 5.39 Å². The van der Waals surface area contributed by atoms with Crippen LogP contribution in [0.5, 0.6) is 11.5 Å². The third-order valence-electron chi connectivity index (χ3n) is 3.82. The minimum atomic E-state index is -0.563. The number of halogens is 1. The molecule has 0 aliphatic rings. The molecule has 2 N–H and O–H groups in total. The summed E-state index contributed by atoms with van der Waals surface area (Å²) in [7, 11) is 2.88. The maximum atomic E-state index is 12.3. The second kappa shape index (κ2) is 7.92. The minimum absolute atomic E-state index is 0.180. The van der Waals surface area contributed by atoms with Gasteiger partial charge in [0.25, 0.3) is 11.8 Å². The van der Waals surface area contributed by atoms with Crippen LogP contribution in [-0.4, -0.2) is 31.0 Å². The van der Waals surface area contributed by atoms with Gasteiger partial charge in [0.05, 0.1) is 24.8 Å². The summed E-state index contributed by atoms with van der Waals surface area (Å²) < 4.78 is 10.3. The number of pyridine rings is 1. The van der Waals surface area contributed by atoms with E-state index in [9.17, 15) is 9.59 Å². The molecule has 0 unspecified atom stereocenters. The first-order valence-electron chi connectivity index (χ1n) is 7.91. The number of hydrazine groups is 1. The molecule has 0 atom stereocenters. The predicted octanol–water partition coefficient (Wildman–Crippen LogP) is 2.98. The molecule has 0 aliphatic carbocycles. The Morgan fingerprint density at radius 3 is 2.44 bits per heavy atom. The van der Waals surface area contributed by atoms with Gasteiger partial charge in [-0.1, -0.05) is 35.9 Å². The lowest BCUT2D eigenvalue weighted by Gasteiger charge is -2.12. The van der Waals surface area contributed by atoms with Crippen molar-refractivity contribution in [2.45, 2.75) is 0 Å². The van der Waals surface area contributed by atoms with Crippen molar-refractivity contribution < 1.29 is 19.1 Å². The van der Waals surface area contributed by atoms with Crippen LogP contribution in [0.3, 0.4) is 0 Å². The number of hydrogen-bond donors (Lipinski definition) is 2. The van der Waals surface area contributed by atoms with Crippen LogP contribution in [0.25, 0.3) is 10.9 Å². The average molecular weight is 386 g/mol. The normalized spacial score (nSPS) is 10.3.